The molecule has 19 heavy (non-hydrogen) atoms. The lowest BCUT2D eigenvalue weighted by Gasteiger charge is -2.33. The maximum atomic E-state index is 12.6. The first kappa shape index (κ1) is 14.7. The molecule has 104 valence electrons. The molecular formula is C13H16BrNO3S. The van der Waals surface area contributed by atoms with Gasteiger partial charge in [0.1, 0.15) is 5.78 Å². The van der Waals surface area contributed by atoms with Crippen LogP contribution in [0.2, 0.25) is 0 Å². The Morgan fingerprint density at radius 1 is 1.37 bits per heavy atom. The third-order valence-electron chi connectivity index (χ3n) is 3.33. The fourth-order valence-electron chi connectivity index (χ4n) is 2.36. The Kier molecular flexibility index (Phi) is 4.43. The highest BCUT2D eigenvalue weighted by molar-refractivity contribution is 9.10. The molecule has 1 fully saturated rings. The van der Waals surface area contributed by atoms with E-state index in [2.05, 4.69) is 15.9 Å². The van der Waals surface area contributed by atoms with Crippen molar-refractivity contribution in [2.75, 3.05) is 6.54 Å². The average molecular weight is 346 g/mol. The molecule has 2 rings (SSSR count). The topological polar surface area (TPSA) is 54.5 Å². The summed E-state index contributed by atoms with van der Waals surface area (Å²) in [6, 6.07) is 6.08. The molecule has 6 heteroatoms. The first-order chi connectivity index (χ1) is 8.93. The van der Waals surface area contributed by atoms with E-state index in [1.165, 1.54) is 11.2 Å². The number of sulfonamides is 1. The van der Waals surface area contributed by atoms with Gasteiger partial charge in [0, 0.05) is 11.0 Å². The Morgan fingerprint density at radius 2 is 2.11 bits per heavy atom. The molecule has 0 saturated carbocycles. The van der Waals surface area contributed by atoms with E-state index >= 15 is 0 Å². The summed E-state index contributed by atoms with van der Waals surface area (Å²) in [6.07, 6.45) is 2.31. The van der Waals surface area contributed by atoms with Crippen LogP contribution in [-0.2, 0) is 14.8 Å². The molecule has 0 aromatic heterocycles. The summed E-state index contributed by atoms with van der Waals surface area (Å²) in [6.45, 7) is 1.87. The van der Waals surface area contributed by atoms with Crippen LogP contribution in [0.25, 0.3) is 0 Å². The van der Waals surface area contributed by atoms with Crippen molar-refractivity contribution in [3.8, 4) is 0 Å². The molecular weight excluding hydrogens is 330 g/mol. The molecule has 0 bridgehead atoms. The Bertz CT molecular complexity index is 585. The molecule has 1 saturated heterocycles. The van der Waals surface area contributed by atoms with Crippen molar-refractivity contribution in [2.24, 2.45) is 0 Å². The standard InChI is InChI=1S/C13H16BrNO3S/c1-10(16)13-7-2-3-8-15(13)19(17,18)12-6-4-5-11(14)9-12/h4-6,9,13H,2-3,7-8H2,1H3. The number of Topliss-reactive ketones (excluding diaryl/α,β-unsaturated/α-hetero) is 1. The van der Waals surface area contributed by atoms with Gasteiger partial charge in [-0.05, 0) is 38.0 Å². The summed E-state index contributed by atoms with van der Waals surface area (Å²) in [7, 11) is -3.60. The number of hydrogen-bond acceptors (Lipinski definition) is 3. The lowest BCUT2D eigenvalue weighted by molar-refractivity contribution is -0.121. The molecule has 4 nitrogen and oxygen atoms in total. The monoisotopic (exact) mass is 345 g/mol. The average Bonchev–Trinajstić information content (AvgIpc) is 2.38. The number of piperidine rings is 1. The second-order valence-corrected chi connectivity index (χ2v) is 7.50. The van der Waals surface area contributed by atoms with Gasteiger partial charge in [-0.25, -0.2) is 8.42 Å². The predicted molar refractivity (Wildman–Crippen MR) is 76.4 cm³/mol. The van der Waals surface area contributed by atoms with E-state index in [0.717, 1.165) is 12.8 Å². The van der Waals surface area contributed by atoms with Crippen LogP contribution < -0.4 is 0 Å². The highest BCUT2D eigenvalue weighted by Crippen LogP contribution is 2.27. The summed E-state index contributed by atoms with van der Waals surface area (Å²) < 4.78 is 27.3. The molecule has 0 radical (unpaired) electrons. The van der Waals surface area contributed by atoms with Gasteiger partial charge in [0.05, 0.1) is 10.9 Å². The summed E-state index contributed by atoms with van der Waals surface area (Å²) in [5, 5.41) is 0. The normalized spacial score (nSPS) is 21.3. The van der Waals surface area contributed by atoms with Gasteiger partial charge in [-0.2, -0.15) is 4.31 Å². The van der Waals surface area contributed by atoms with Gasteiger partial charge in [-0.15, -0.1) is 0 Å². The van der Waals surface area contributed by atoms with Gasteiger partial charge in [0.15, 0.2) is 0 Å². The van der Waals surface area contributed by atoms with Crippen LogP contribution in [0.1, 0.15) is 26.2 Å². The van der Waals surface area contributed by atoms with Crippen molar-refractivity contribution in [2.45, 2.75) is 37.1 Å². The van der Waals surface area contributed by atoms with E-state index in [4.69, 9.17) is 0 Å². The van der Waals surface area contributed by atoms with Crippen LogP contribution in [0.3, 0.4) is 0 Å². The number of rotatable bonds is 3. The second-order valence-electron chi connectivity index (χ2n) is 4.70. The minimum atomic E-state index is -3.60. The van der Waals surface area contributed by atoms with E-state index < -0.39 is 16.1 Å². The Hall–Kier alpha value is -0.720. The van der Waals surface area contributed by atoms with Crippen molar-refractivity contribution in [1.82, 2.24) is 4.31 Å². The van der Waals surface area contributed by atoms with E-state index in [0.29, 0.717) is 17.4 Å². The Labute approximate surface area is 122 Å². The number of carbonyl (C=O) groups is 1. The molecule has 1 unspecified atom stereocenters. The van der Waals surface area contributed by atoms with Gasteiger partial charge in [-0.3, -0.25) is 4.79 Å². The highest BCUT2D eigenvalue weighted by atomic mass is 79.9. The molecule has 1 aliphatic rings. The fourth-order valence-corrected chi connectivity index (χ4v) is 4.67. The summed E-state index contributed by atoms with van der Waals surface area (Å²) >= 11 is 3.27. The highest BCUT2D eigenvalue weighted by Gasteiger charge is 2.35. The third-order valence-corrected chi connectivity index (χ3v) is 5.72. The number of hydrogen-bond donors (Lipinski definition) is 0. The molecule has 1 atom stereocenters. The molecule has 1 aromatic carbocycles. The number of benzene rings is 1. The molecule has 0 aliphatic carbocycles. The molecule has 0 N–H and O–H groups in total. The van der Waals surface area contributed by atoms with Crippen molar-refractivity contribution in [1.29, 1.82) is 0 Å². The van der Waals surface area contributed by atoms with E-state index in [9.17, 15) is 13.2 Å². The number of ketones is 1. The lowest BCUT2D eigenvalue weighted by Crippen LogP contribution is -2.47. The van der Waals surface area contributed by atoms with Gasteiger partial charge in [-0.1, -0.05) is 28.4 Å². The van der Waals surface area contributed by atoms with Gasteiger partial charge < -0.3 is 0 Å². The maximum Gasteiger partial charge on any atom is 0.243 e. The minimum absolute atomic E-state index is 0.0849. The van der Waals surface area contributed by atoms with Gasteiger partial charge >= 0.3 is 0 Å². The Balaban J connectivity index is 2.40. The number of nitrogens with zero attached hydrogens (tertiary/aromatic N) is 1. The van der Waals surface area contributed by atoms with Gasteiger partial charge in [0.25, 0.3) is 0 Å². The minimum Gasteiger partial charge on any atom is -0.298 e. The van der Waals surface area contributed by atoms with Gasteiger partial charge in [0.2, 0.25) is 10.0 Å². The number of halogens is 1. The fraction of sp³-hybridized carbons (Fsp3) is 0.462. The van der Waals surface area contributed by atoms with Crippen LogP contribution in [0.15, 0.2) is 33.6 Å². The van der Waals surface area contributed by atoms with Crippen LogP contribution in [0.5, 0.6) is 0 Å². The first-order valence-electron chi connectivity index (χ1n) is 6.21. The quantitative estimate of drug-likeness (QED) is 0.845. The molecule has 1 heterocycles. The molecule has 1 aliphatic heterocycles. The molecule has 1 aromatic rings. The zero-order valence-corrected chi connectivity index (χ0v) is 13.1. The third kappa shape index (κ3) is 3.07. The predicted octanol–water partition coefficient (Wildman–Crippen LogP) is 2.58. The summed E-state index contributed by atoms with van der Waals surface area (Å²) in [5.41, 5.74) is 0. The lowest BCUT2D eigenvalue weighted by atomic mass is 10.0. The second kappa shape index (κ2) is 5.73. The Morgan fingerprint density at radius 3 is 2.74 bits per heavy atom. The molecule has 0 spiro atoms. The molecule has 0 amide bonds. The van der Waals surface area contributed by atoms with Crippen LogP contribution in [0, 0.1) is 0 Å². The van der Waals surface area contributed by atoms with E-state index in [1.54, 1.807) is 24.3 Å². The van der Waals surface area contributed by atoms with Crippen molar-refractivity contribution in [3.05, 3.63) is 28.7 Å². The summed E-state index contributed by atoms with van der Waals surface area (Å²) in [4.78, 5) is 11.9. The van der Waals surface area contributed by atoms with Crippen LogP contribution >= 0.6 is 15.9 Å². The zero-order valence-electron chi connectivity index (χ0n) is 10.7. The largest absolute Gasteiger partial charge is 0.298 e. The summed E-state index contributed by atoms with van der Waals surface area (Å²) in [5.74, 6) is -0.0849. The van der Waals surface area contributed by atoms with E-state index in [-0.39, 0.29) is 10.7 Å². The smallest absolute Gasteiger partial charge is 0.243 e. The van der Waals surface area contributed by atoms with Crippen LogP contribution in [-0.4, -0.2) is 31.1 Å². The zero-order chi connectivity index (χ0) is 14.0. The van der Waals surface area contributed by atoms with Crippen LogP contribution in [0.4, 0.5) is 0 Å². The first-order valence-corrected chi connectivity index (χ1v) is 8.44. The van der Waals surface area contributed by atoms with Crippen molar-refractivity contribution >= 4 is 31.7 Å². The van der Waals surface area contributed by atoms with Crippen molar-refractivity contribution < 1.29 is 13.2 Å². The SMILES string of the molecule is CC(=O)C1CCCCN1S(=O)(=O)c1cccc(Br)c1. The number of carbonyl (C=O) groups excluding carboxylic acids is 1. The maximum absolute atomic E-state index is 12.6. The van der Waals surface area contributed by atoms with E-state index in [1.807, 2.05) is 0 Å². The van der Waals surface area contributed by atoms with Crippen molar-refractivity contribution in [3.63, 3.8) is 0 Å².